The molecular weight excluding hydrogens is 406 g/mol. The summed E-state index contributed by atoms with van der Waals surface area (Å²) in [4.78, 5) is 15.5. The van der Waals surface area contributed by atoms with Gasteiger partial charge in [-0.25, -0.2) is 0 Å². The van der Waals surface area contributed by atoms with Crippen LogP contribution in [0.2, 0.25) is 0 Å². The van der Waals surface area contributed by atoms with Gasteiger partial charge in [0, 0.05) is 69.4 Å². The molecule has 1 aromatic carbocycles. The molecule has 1 saturated carbocycles. The summed E-state index contributed by atoms with van der Waals surface area (Å²) in [6.45, 7) is 7.98. The van der Waals surface area contributed by atoms with Crippen molar-refractivity contribution in [2.24, 2.45) is 5.92 Å². The normalized spacial score (nSPS) is 21.3. The van der Waals surface area contributed by atoms with Gasteiger partial charge in [0.05, 0.1) is 13.7 Å². The predicted octanol–water partition coefficient (Wildman–Crippen LogP) is 3.08. The number of ether oxygens (including phenoxy) is 3. The van der Waals surface area contributed by atoms with Gasteiger partial charge in [0.1, 0.15) is 0 Å². The number of methoxy groups -OCH3 is 2. The highest BCUT2D eigenvalue weighted by Gasteiger charge is 2.33. The van der Waals surface area contributed by atoms with Crippen LogP contribution in [-0.2, 0) is 4.74 Å². The van der Waals surface area contributed by atoms with Crippen molar-refractivity contribution in [1.82, 2.24) is 15.5 Å². The molecule has 32 heavy (non-hydrogen) atoms. The number of hydrogen-bond donors (Lipinski definition) is 2. The highest BCUT2D eigenvalue weighted by molar-refractivity contribution is 5.95. The minimum absolute atomic E-state index is 0.0379. The maximum Gasteiger partial charge on any atom is 0.254 e. The maximum atomic E-state index is 13.5. The van der Waals surface area contributed by atoms with Gasteiger partial charge in [-0.2, -0.15) is 0 Å². The lowest BCUT2D eigenvalue weighted by molar-refractivity contribution is 0.0666. The van der Waals surface area contributed by atoms with Crippen LogP contribution in [0.1, 0.15) is 56.3 Å². The third-order valence-electron chi connectivity index (χ3n) is 6.62. The van der Waals surface area contributed by atoms with Crippen LogP contribution in [0.3, 0.4) is 0 Å². The number of hydrogen-bond acceptors (Lipinski definition) is 6. The van der Waals surface area contributed by atoms with Crippen LogP contribution < -0.4 is 20.1 Å². The first-order valence-corrected chi connectivity index (χ1v) is 12.1. The second-order valence-electron chi connectivity index (χ2n) is 9.28. The van der Waals surface area contributed by atoms with Gasteiger partial charge in [0.2, 0.25) is 0 Å². The molecule has 1 aromatic rings. The molecule has 0 aromatic heterocycles. The van der Waals surface area contributed by atoms with Crippen LogP contribution in [0.25, 0.3) is 0 Å². The average molecular weight is 448 g/mol. The fraction of sp³-hybridized carbons (Fsp3) is 0.720. The maximum absolute atomic E-state index is 13.5. The van der Waals surface area contributed by atoms with Crippen molar-refractivity contribution < 1.29 is 19.0 Å². The number of amides is 1. The summed E-state index contributed by atoms with van der Waals surface area (Å²) < 4.78 is 16.4. The predicted molar refractivity (Wildman–Crippen MR) is 127 cm³/mol. The van der Waals surface area contributed by atoms with E-state index in [9.17, 15) is 4.79 Å². The molecule has 2 aliphatic rings. The van der Waals surface area contributed by atoms with Gasteiger partial charge in [0.25, 0.3) is 5.91 Å². The Labute approximate surface area is 193 Å². The molecule has 1 heterocycles. The van der Waals surface area contributed by atoms with Gasteiger partial charge in [0.15, 0.2) is 11.5 Å². The molecule has 1 aliphatic heterocycles. The van der Waals surface area contributed by atoms with Crippen molar-refractivity contribution in [2.45, 2.75) is 64.1 Å². The number of carbonyl (C=O) groups is 1. The van der Waals surface area contributed by atoms with E-state index in [2.05, 4.69) is 24.5 Å². The van der Waals surface area contributed by atoms with E-state index in [1.54, 1.807) is 14.2 Å². The summed E-state index contributed by atoms with van der Waals surface area (Å²) in [7, 11) is 3.29. The Morgan fingerprint density at radius 2 is 1.94 bits per heavy atom. The molecule has 1 amide bonds. The van der Waals surface area contributed by atoms with E-state index in [4.69, 9.17) is 14.2 Å². The monoisotopic (exact) mass is 447 g/mol. The van der Waals surface area contributed by atoms with Crippen LogP contribution in [0.5, 0.6) is 11.5 Å². The Hall–Kier alpha value is -1.83. The molecular formula is C25H41N3O4. The number of nitrogens with one attached hydrogen (secondary N) is 2. The van der Waals surface area contributed by atoms with E-state index < -0.39 is 0 Å². The Kier molecular flexibility index (Phi) is 9.63. The van der Waals surface area contributed by atoms with Gasteiger partial charge < -0.3 is 29.7 Å². The molecule has 3 rings (SSSR count). The fourth-order valence-electron chi connectivity index (χ4n) is 4.77. The molecule has 2 unspecified atom stereocenters. The Bertz CT molecular complexity index is 721. The minimum atomic E-state index is 0.0379. The van der Waals surface area contributed by atoms with Gasteiger partial charge in [-0.15, -0.1) is 0 Å². The first-order valence-electron chi connectivity index (χ1n) is 12.1. The smallest absolute Gasteiger partial charge is 0.254 e. The van der Waals surface area contributed by atoms with Crippen LogP contribution in [0.4, 0.5) is 0 Å². The molecule has 0 bridgehead atoms. The lowest BCUT2D eigenvalue weighted by atomic mass is 10.00. The van der Waals surface area contributed by atoms with Crippen molar-refractivity contribution in [2.75, 3.05) is 47.1 Å². The van der Waals surface area contributed by atoms with Crippen molar-refractivity contribution in [3.8, 4) is 11.5 Å². The molecule has 1 aliphatic carbocycles. The average Bonchev–Trinajstić information content (AvgIpc) is 3.46. The van der Waals surface area contributed by atoms with E-state index >= 15 is 0 Å². The Morgan fingerprint density at radius 3 is 2.62 bits per heavy atom. The van der Waals surface area contributed by atoms with Crippen LogP contribution in [0, 0.1) is 5.92 Å². The number of nitrogens with zero attached hydrogens (tertiary/aromatic N) is 1. The zero-order chi connectivity index (χ0) is 22.9. The summed E-state index contributed by atoms with van der Waals surface area (Å²) >= 11 is 0. The third-order valence-corrected chi connectivity index (χ3v) is 6.62. The highest BCUT2D eigenvalue weighted by atomic mass is 16.5. The van der Waals surface area contributed by atoms with Crippen LogP contribution in [0.15, 0.2) is 18.2 Å². The van der Waals surface area contributed by atoms with Gasteiger partial charge in [-0.3, -0.25) is 4.79 Å². The van der Waals surface area contributed by atoms with E-state index in [-0.39, 0.29) is 11.9 Å². The summed E-state index contributed by atoms with van der Waals surface area (Å²) in [6, 6.07) is 6.62. The zero-order valence-electron chi connectivity index (χ0n) is 20.2. The van der Waals surface area contributed by atoms with Crippen molar-refractivity contribution in [3.05, 3.63) is 23.8 Å². The van der Waals surface area contributed by atoms with Gasteiger partial charge in [-0.1, -0.05) is 12.8 Å². The minimum Gasteiger partial charge on any atom is -0.493 e. The molecule has 1 saturated heterocycles. The SMILES string of the molecule is COCCCOc1cc(C(=O)N(CC2CNCC2NC2CCCC2)C(C)C)ccc1OC. The Morgan fingerprint density at radius 1 is 1.16 bits per heavy atom. The lowest BCUT2D eigenvalue weighted by Crippen LogP contribution is -2.48. The van der Waals surface area contributed by atoms with E-state index in [0.29, 0.717) is 48.3 Å². The third kappa shape index (κ3) is 6.59. The molecule has 7 heteroatoms. The second kappa shape index (κ2) is 12.4. The zero-order valence-corrected chi connectivity index (χ0v) is 20.2. The number of rotatable bonds is 12. The molecule has 180 valence electrons. The lowest BCUT2D eigenvalue weighted by Gasteiger charge is -2.33. The molecule has 2 atom stereocenters. The van der Waals surface area contributed by atoms with Gasteiger partial charge >= 0.3 is 0 Å². The largest absolute Gasteiger partial charge is 0.493 e. The highest BCUT2D eigenvalue weighted by Crippen LogP contribution is 2.29. The summed E-state index contributed by atoms with van der Waals surface area (Å²) in [5.74, 6) is 1.68. The molecule has 0 radical (unpaired) electrons. The van der Waals surface area contributed by atoms with Crippen LogP contribution >= 0.6 is 0 Å². The first-order chi connectivity index (χ1) is 15.5. The van der Waals surface area contributed by atoms with Gasteiger partial charge in [-0.05, 0) is 44.9 Å². The standard InChI is InChI=1S/C25H41N3O4/c1-18(2)28(17-20-15-26-16-22(20)27-21-8-5-6-9-21)25(29)19-10-11-23(31-4)24(14-19)32-13-7-12-30-3/h10-11,14,18,20-22,26-27H,5-9,12-13,15-17H2,1-4H3. The summed E-state index contributed by atoms with van der Waals surface area (Å²) in [5.41, 5.74) is 0.632. The van der Waals surface area contributed by atoms with Crippen molar-refractivity contribution >= 4 is 5.91 Å². The number of carbonyl (C=O) groups excluding carboxylic acids is 1. The molecule has 0 spiro atoms. The molecule has 2 N–H and O–H groups in total. The summed E-state index contributed by atoms with van der Waals surface area (Å²) in [5, 5.41) is 7.39. The quantitative estimate of drug-likeness (QED) is 0.480. The van der Waals surface area contributed by atoms with E-state index in [1.807, 2.05) is 23.1 Å². The second-order valence-corrected chi connectivity index (χ2v) is 9.28. The van der Waals surface area contributed by atoms with Crippen LogP contribution in [-0.4, -0.2) is 76.0 Å². The summed E-state index contributed by atoms with van der Waals surface area (Å²) in [6.07, 6.45) is 5.98. The molecule has 7 nitrogen and oxygen atoms in total. The Balaban J connectivity index is 1.68. The van der Waals surface area contributed by atoms with E-state index in [1.165, 1.54) is 25.7 Å². The molecule has 2 fully saturated rings. The van der Waals surface area contributed by atoms with Crippen molar-refractivity contribution in [3.63, 3.8) is 0 Å². The van der Waals surface area contributed by atoms with E-state index in [0.717, 1.165) is 26.1 Å². The fourth-order valence-corrected chi connectivity index (χ4v) is 4.77. The topological polar surface area (TPSA) is 72.1 Å². The number of benzene rings is 1. The first kappa shape index (κ1) is 24.8. The van der Waals surface area contributed by atoms with Crippen molar-refractivity contribution in [1.29, 1.82) is 0 Å².